The van der Waals surface area contributed by atoms with Gasteiger partial charge in [0.15, 0.2) is 0 Å². The first-order valence-electron chi connectivity index (χ1n) is 6.63. The molecule has 1 amide bonds. The quantitative estimate of drug-likeness (QED) is 0.819. The first-order chi connectivity index (χ1) is 9.04. The fraction of sp³-hybridized carbons (Fsp3) is 0.533. The van der Waals surface area contributed by atoms with Gasteiger partial charge in [-0.2, -0.15) is 0 Å². The third kappa shape index (κ3) is 5.30. The van der Waals surface area contributed by atoms with Crippen molar-refractivity contribution in [3.63, 3.8) is 0 Å². The number of ether oxygens (including phenoxy) is 1. The van der Waals surface area contributed by atoms with E-state index in [1.165, 1.54) is 0 Å². The summed E-state index contributed by atoms with van der Waals surface area (Å²) in [5.74, 6) is 0.960. The van der Waals surface area contributed by atoms with Crippen LogP contribution in [0, 0.1) is 0 Å². The third-order valence-corrected chi connectivity index (χ3v) is 2.92. The van der Waals surface area contributed by atoms with Gasteiger partial charge in [0.25, 0.3) is 0 Å². The molecule has 1 aromatic carbocycles. The lowest BCUT2D eigenvalue weighted by atomic mass is 10.2. The Morgan fingerprint density at radius 2 is 2.05 bits per heavy atom. The fourth-order valence-electron chi connectivity index (χ4n) is 1.84. The van der Waals surface area contributed by atoms with Crippen molar-refractivity contribution in [3.8, 4) is 5.75 Å². The standard InChI is InChI=1S/C15H24N2O2/c1-12(2)16-10-9-15(18)17(3)11-13-7-5-6-8-14(13)19-4/h5-8,12,16H,9-11H2,1-4H3. The van der Waals surface area contributed by atoms with E-state index in [0.717, 1.165) is 11.3 Å². The van der Waals surface area contributed by atoms with Crippen LogP contribution in [0.25, 0.3) is 0 Å². The summed E-state index contributed by atoms with van der Waals surface area (Å²) in [7, 11) is 3.47. The first-order valence-corrected chi connectivity index (χ1v) is 6.63. The van der Waals surface area contributed by atoms with E-state index < -0.39 is 0 Å². The molecule has 1 N–H and O–H groups in total. The fourth-order valence-corrected chi connectivity index (χ4v) is 1.84. The van der Waals surface area contributed by atoms with Crippen LogP contribution in [-0.4, -0.2) is 37.6 Å². The van der Waals surface area contributed by atoms with Crippen LogP contribution in [0.15, 0.2) is 24.3 Å². The molecule has 0 saturated carbocycles. The maximum Gasteiger partial charge on any atom is 0.223 e. The van der Waals surface area contributed by atoms with E-state index in [1.807, 2.05) is 31.3 Å². The van der Waals surface area contributed by atoms with Gasteiger partial charge in [-0.15, -0.1) is 0 Å². The lowest BCUT2D eigenvalue weighted by Crippen LogP contribution is -2.31. The van der Waals surface area contributed by atoms with Gasteiger partial charge in [0.05, 0.1) is 7.11 Å². The summed E-state index contributed by atoms with van der Waals surface area (Å²) in [4.78, 5) is 13.7. The SMILES string of the molecule is COc1ccccc1CN(C)C(=O)CCNC(C)C. The predicted octanol–water partition coefficient (Wildman–Crippen LogP) is 2.04. The van der Waals surface area contributed by atoms with Gasteiger partial charge < -0.3 is 15.0 Å². The monoisotopic (exact) mass is 264 g/mol. The molecule has 1 aromatic rings. The molecule has 0 atom stereocenters. The van der Waals surface area contributed by atoms with Crippen molar-refractivity contribution >= 4 is 5.91 Å². The van der Waals surface area contributed by atoms with Gasteiger partial charge in [0.1, 0.15) is 5.75 Å². The van der Waals surface area contributed by atoms with E-state index >= 15 is 0 Å². The minimum absolute atomic E-state index is 0.138. The van der Waals surface area contributed by atoms with Gasteiger partial charge in [-0.1, -0.05) is 32.0 Å². The number of carbonyl (C=O) groups excluding carboxylic acids is 1. The number of para-hydroxylation sites is 1. The molecule has 1 rings (SSSR count). The maximum atomic E-state index is 12.0. The van der Waals surface area contributed by atoms with E-state index in [4.69, 9.17) is 4.74 Å². The predicted molar refractivity (Wildman–Crippen MR) is 77.2 cm³/mol. The minimum atomic E-state index is 0.138. The largest absolute Gasteiger partial charge is 0.496 e. The van der Waals surface area contributed by atoms with E-state index in [-0.39, 0.29) is 5.91 Å². The molecule has 4 heteroatoms. The molecule has 0 unspecified atom stereocenters. The van der Waals surface area contributed by atoms with E-state index in [9.17, 15) is 4.79 Å². The highest BCUT2D eigenvalue weighted by atomic mass is 16.5. The molecule has 0 saturated heterocycles. The lowest BCUT2D eigenvalue weighted by Gasteiger charge is -2.19. The smallest absolute Gasteiger partial charge is 0.223 e. The Bertz CT molecular complexity index is 405. The molecule has 0 aliphatic heterocycles. The molecular formula is C15H24N2O2. The van der Waals surface area contributed by atoms with Crippen molar-refractivity contribution in [3.05, 3.63) is 29.8 Å². The zero-order valence-corrected chi connectivity index (χ0v) is 12.3. The van der Waals surface area contributed by atoms with Crippen molar-refractivity contribution in [2.75, 3.05) is 20.7 Å². The highest BCUT2D eigenvalue weighted by molar-refractivity contribution is 5.76. The number of hydrogen-bond donors (Lipinski definition) is 1. The van der Waals surface area contributed by atoms with E-state index in [1.54, 1.807) is 12.0 Å². The van der Waals surface area contributed by atoms with Crippen LogP contribution in [-0.2, 0) is 11.3 Å². The average Bonchev–Trinajstić information content (AvgIpc) is 2.38. The zero-order chi connectivity index (χ0) is 14.3. The van der Waals surface area contributed by atoms with Crippen LogP contribution in [0.1, 0.15) is 25.8 Å². The second kappa shape index (κ2) is 7.79. The average molecular weight is 264 g/mol. The van der Waals surface area contributed by atoms with Gasteiger partial charge >= 0.3 is 0 Å². The van der Waals surface area contributed by atoms with Crippen LogP contribution < -0.4 is 10.1 Å². The van der Waals surface area contributed by atoms with Crippen molar-refractivity contribution in [1.82, 2.24) is 10.2 Å². The molecule has 0 aliphatic carbocycles. The van der Waals surface area contributed by atoms with Crippen LogP contribution in [0.3, 0.4) is 0 Å². The molecule has 4 nitrogen and oxygen atoms in total. The molecule has 0 aliphatic rings. The van der Waals surface area contributed by atoms with Crippen molar-refractivity contribution in [1.29, 1.82) is 0 Å². The Balaban J connectivity index is 2.49. The van der Waals surface area contributed by atoms with Crippen molar-refractivity contribution in [2.45, 2.75) is 32.9 Å². The van der Waals surface area contributed by atoms with Crippen LogP contribution in [0.4, 0.5) is 0 Å². The maximum absolute atomic E-state index is 12.0. The summed E-state index contributed by atoms with van der Waals surface area (Å²) in [5.41, 5.74) is 1.03. The van der Waals surface area contributed by atoms with Crippen molar-refractivity contribution < 1.29 is 9.53 Å². The van der Waals surface area contributed by atoms with E-state index in [2.05, 4.69) is 19.2 Å². The van der Waals surface area contributed by atoms with Crippen LogP contribution in [0.5, 0.6) is 5.75 Å². The number of benzene rings is 1. The van der Waals surface area contributed by atoms with Gasteiger partial charge in [-0.05, 0) is 6.07 Å². The second-order valence-electron chi connectivity index (χ2n) is 4.92. The van der Waals surface area contributed by atoms with E-state index in [0.29, 0.717) is 25.6 Å². The molecule has 0 spiro atoms. The third-order valence-electron chi connectivity index (χ3n) is 2.92. The minimum Gasteiger partial charge on any atom is -0.496 e. The Labute approximate surface area is 115 Å². The van der Waals surface area contributed by atoms with Gasteiger partial charge in [0.2, 0.25) is 5.91 Å². The number of nitrogens with one attached hydrogen (secondary N) is 1. The molecule has 0 fully saturated rings. The summed E-state index contributed by atoms with van der Waals surface area (Å²) >= 11 is 0. The summed E-state index contributed by atoms with van der Waals surface area (Å²) in [6.07, 6.45) is 0.518. The molecule has 0 heterocycles. The summed E-state index contributed by atoms with van der Waals surface area (Å²) < 4.78 is 5.29. The highest BCUT2D eigenvalue weighted by Gasteiger charge is 2.11. The number of nitrogens with zero attached hydrogens (tertiary/aromatic N) is 1. The van der Waals surface area contributed by atoms with Crippen LogP contribution in [0.2, 0.25) is 0 Å². The molecular weight excluding hydrogens is 240 g/mol. The summed E-state index contributed by atoms with van der Waals surface area (Å²) in [5, 5.41) is 3.25. The highest BCUT2D eigenvalue weighted by Crippen LogP contribution is 2.18. The van der Waals surface area contributed by atoms with Gasteiger partial charge in [-0.25, -0.2) is 0 Å². The molecule has 0 radical (unpaired) electrons. The normalized spacial score (nSPS) is 10.6. The van der Waals surface area contributed by atoms with Gasteiger partial charge in [-0.3, -0.25) is 4.79 Å². The molecule has 0 aromatic heterocycles. The number of carbonyl (C=O) groups is 1. The summed E-state index contributed by atoms with van der Waals surface area (Å²) in [6, 6.07) is 8.18. The number of hydrogen-bond acceptors (Lipinski definition) is 3. The molecule has 0 bridgehead atoms. The first kappa shape index (κ1) is 15.5. The summed E-state index contributed by atoms with van der Waals surface area (Å²) in [6.45, 7) is 5.43. The topological polar surface area (TPSA) is 41.6 Å². The number of methoxy groups -OCH3 is 1. The Hall–Kier alpha value is -1.55. The Kier molecular flexibility index (Phi) is 6.36. The second-order valence-corrected chi connectivity index (χ2v) is 4.92. The zero-order valence-electron chi connectivity index (χ0n) is 12.3. The molecule has 19 heavy (non-hydrogen) atoms. The van der Waals surface area contributed by atoms with Gasteiger partial charge in [0, 0.05) is 38.2 Å². The number of amides is 1. The Morgan fingerprint density at radius 3 is 2.68 bits per heavy atom. The Morgan fingerprint density at radius 1 is 1.37 bits per heavy atom. The lowest BCUT2D eigenvalue weighted by molar-refractivity contribution is -0.130. The molecule has 106 valence electrons. The van der Waals surface area contributed by atoms with Crippen molar-refractivity contribution in [2.24, 2.45) is 0 Å². The van der Waals surface area contributed by atoms with Crippen LogP contribution >= 0.6 is 0 Å². The number of rotatable bonds is 7.